The Morgan fingerprint density at radius 1 is 0.257 bits per heavy atom. The third-order valence-electron chi connectivity index (χ3n) is 17.1. The van der Waals surface area contributed by atoms with Gasteiger partial charge in [-0.1, -0.05) is 325 Å². The van der Waals surface area contributed by atoms with Crippen LogP contribution in [0.2, 0.25) is 0 Å². The molecular weight excluding hydrogens is 1410 g/mol. The molecule has 5 unspecified atom stereocenters. The highest BCUT2D eigenvalue weighted by molar-refractivity contribution is 7.47. The van der Waals surface area contributed by atoms with E-state index in [4.69, 9.17) is 32.3 Å². The minimum Gasteiger partial charge on any atom is -0.463 e. The average molecular weight is 1560 g/mol. The average Bonchev–Trinajstić information content (AvgIpc) is 0.902. The number of phosphoric acid groups is 2. The summed E-state index contributed by atoms with van der Waals surface area (Å²) in [5.74, 6) is -1.61. The van der Waals surface area contributed by atoms with Crippen molar-refractivity contribution in [1.82, 2.24) is 0 Å². The Kier molecular flexibility index (Phi) is 78.1. The minimum atomic E-state index is -4.95. The Labute approximate surface area is 662 Å². The molecule has 620 valence electrons. The summed E-state index contributed by atoms with van der Waals surface area (Å²) >= 11 is 0. The highest BCUT2D eigenvalue weighted by atomic mass is 31.2. The van der Waals surface area contributed by atoms with E-state index in [2.05, 4.69) is 203 Å². The van der Waals surface area contributed by atoms with Crippen molar-refractivity contribution in [2.75, 3.05) is 39.6 Å². The summed E-state index contributed by atoms with van der Waals surface area (Å²) in [5.41, 5.74) is 0. The molecule has 0 aromatic carbocycles. The maximum atomic E-state index is 13.0. The molecule has 18 heteroatoms. The number of rotatable bonds is 78. The maximum Gasteiger partial charge on any atom is 0.472 e. The highest BCUT2D eigenvalue weighted by Crippen LogP contribution is 2.45. The zero-order valence-electron chi connectivity index (χ0n) is 67.9. The molecule has 0 rings (SSSR count). The first-order chi connectivity index (χ1) is 53.2. The van der Waals surface area contributed by atoms with Crippen molar-refractivity contribution in [3.8, 4) is 0 Å². The molecule has 16 nitrogen and oxygen atoms in total. The second kappa shape index (κ2) is 82.1. The van der Waals surface area contributed by atoms with Crippen molar-refractivity contribution in [2.24, 2.45) is 0 Å². The van der Waals surface area contributed by atoms with Gasteiger partial charge < -0.3 is 34.2 Å². The second-order valence-electron chi connectivity index (χ2n) is 27.5. The van der Waals surface area contributed by atoms with Gasteiger partial charge in [-0.25, -0.2) is 9.13 Å². The predicted molar refractivity (Wildman–Crippen MR) is 454 cm³/mol. The molecule has 0 heterocycles. The van der Waals surface area contributed by atoms with E-state index in [1.165, 1.54) is 70.6 Å². The van der Waals surface area contributed by atoms with Crippen LogP contribution in [0.15, 0.2) is 182 Å². The van der Waals surface area contributed by atoms with E-state index in [-0.39, 0.29) is 19.3 Å². The Balaban J connectivity index is 4.61. The fourth-order valence-electron chi connectivity index (χ4n) is 10.8. The number of esters is 3. The molecule has 0 aliphatic heterocycles. The van der Waals surface area contributed by atoms with Gasteiger partial charge in [0.15, 0.2) is 6.10 Å². The number of hydrogen-bond donors (Lipinski definition) is 4. The van der Waals surface area contributed by atoms with E-state index >= 15 is 0 Å². The molecule has 0 saturated heterocycles. The van der Waals surface area contributed by atoms with Gasteiger partial charge in [0.1, 0.15) is 25.4 Å². The zero-order chi connectivity index (χ0) is 79.4. The molecule has 0 bridgehead atoms. The summed E-state index contributed by atoms with van der Waals surface area (Å²) in [7, 11) is -9.82. The van der Waals surface area contributed by atoms with Crippen molar-refractivity contribution in [3.63, 3.8) is 0 Å². The molecule has 0 spiro atoms. The Morgan fingerprint density at radius 3 is 0.725 bits per heavy atom. The van der Waals surface area contributed by atoms with Crippen LogP contribution in [0, 0.1) is 0 Å². The Bertz CT molecular complexity index is 2710. The lowest BCUT2D eigenvalue weighted by Gasteiger charge is -2.21. The number of aliphatic hydroxyl groups excluding tert-OH is 2. The first-order valence-corrected chi connectivity index (χ1v) is 45.1. The van der Waals surface area contributed by atoms with E-state index in [0.717, 1.165) is 186 Å². The van der Waals surface area contributed by atoms with Crippen LogP contribution in [-0.4, -0.2) is 95.9 Å². The van der Waals surface area contributed by atoms with Crippen LogP contribution >= 0.6 is 15.6 Å². The first-order valence-electron chi connectivity index (χ1n) is 42.1. The summed E-state index contributed by atoms with van der Waals surface area (Å²) in [6.07, 6.45) is 106. The number of unbranched alkanes of at least 4 members (excludes halogenated alkanes) is 25. The predicted octanol–water partition coefficient (Wildman–Crippen LogP) is 25.3. The molecule has 0 aromatic rings. The molecule has 109 heavy (non-hydrogen) atoms. The zero-order valence-corrected chi connectivity index (χ0v) is 69.7. The van der Waals surface area contributed by atoms with E-state index < -0.39 is 91.5 Å². The summed E-state index contributed by atoms with van der Waals surface area (Å²) in [4.78, 5) is 58.8. The number of carbonyl (C=O) groups is 3. The number of aliphatic hydroxyl groups is 2. The van der Waals surface area contributed by atoms with E-state index in [1.807, 2.05) is 0 Å². The molecule has 4 N–H and O–H groups in total. The second-order valence-corrected chi connectivity index (χ2v) is 30.4. The SMILES string of the molecule is CC/C=C\C/C=C\C/C=C\C/C=C\C/C=C\C/C=C\CCCCCCCCCCCCC(=O)OCC(O)COP(=O)(O)OCC(O)COP(=O)(O)OCC(COC(=O)CCCCCCCCCCCCC/C=C\C/C=C\C/C=C\C/C=C\C/C=C\CC)OC(=O)CCCCCC/C=C\C/C=C\C/C=C\C/C=C\CC. The van der Waals surface area contributed by atoms with Gasteiger partial charge in [-0.05, 0) is 154 Å². The molecule has 0 aliphatic rings. The van der Waals surface area contributed by atoms with Crippen molar-refractivity contribution in [1.29, 1.82) is 0 Å². The number of phosphoric ester groups is 2. The van der Waals surface area contributed by atoms with E-state index in [0.29, 0.717) is 19.3 Å². The number of carbonyl (C=O) groups excluding carboxylic acids is 3. The molecule has 0 aromatic heterocycles. The molecular formula is C91H150O16P2. The molecule has 0 saturated carbocycles. The topological polar surface area (TPSA) is 231 Å². The first kappa shape index (κ1) is 104. The molecule has 0 fully saturated rings. The largest absolute Gasteiger partial charge is 0.472 e. The lowest BCUT2D eigenvalue weighted by Crippen LogP contribution is -2.30. The van der Waals surface area contributed by atoms with Gasteiger partial charge in [0.25, 0.3) is 0 Å². The van der Waals surface area contributed by atoms with Gasteiger partial charge in [0, 0.05) is 19.3 Å². The fourth-order valence-corrected chi connectivity index (χ4v) is 12.4. The van der Waals surface area contributed by atoms with Crippen LogP contribution in [0.25, 0.3) is 0 Å². The van der Waals surface area contributed by atoms with Gasteiger partial charge in [-0.2, -0.15) is 0 Å². The van der Waals surface area contributed by atoms with Gasteiger partial charge in [0.05, 0.1) is 26.4 Å². The molecule has 0 radical (unpaired) electrons. The standard InChI is InChI=1S/C91H150O16P2/c1-4-7-10-13-16-19-22-25-28-31-33-35-37-39-41-42-44-46-47-49-51-54-56-59-62-65-68-71-74-77-89(94)101-80-86(92)81-103-108(97,98)104-82-87(93)83-105-109(99,100)106-85-88(107-91(96)79-76-73-70-67-64-61-58-53-30-27-24-21-18-15-12-9-6-3)84-102-90(95)78-75-72-69-66-63-60-57-55-52-50-48-45-43-40-38-36-34-32-29-26-23-20-17-14-11-8-5-2/h7-12,16-21,25-30,33-36,39-41,43-44,46,58,61,86-88,92-93H,4-6,13-15,22-24,31-32,37-38,42,45,47-57,59-60,62-85H2,1-3H3,(H,97,98)(H,99,100)/b10-7-,11-8-,12-9-,19-16-,20-17-,21-18-,28-25-,29-26-,30-27-,35-33-,36-34-,41-39-,43-40-,46-44-,61-58-. The smallest absolute Gasteiger partial charge is 0.463 e. The number of hydrogen-bond acceptors (Lipinski definition) is 14. The van der Waals surface area contributed by atoms with E-state index in [9.17, 15) is 43.5 Å². The van der Waals surface area contributed by atoms with Crippen molar-refractivity contribution in [2.45, 2.75) is 334 Å². The van der Waals surface area contributed by atoms with E-state index in [1.54, 1.807) is 0 Å². The Hall–Kier alpha value is -5.35. The molecule has 0 aliphatic carbocycles. The number of ether oxygens (including phenoxy) is 3. The van der Waals surface area contributed by atoms with Crippen molar-refractivity contribution in [3.05, 3.63) is 182 Å². The van der Waals surface area contributed by atoms with Crippen LogP contribution in [0.4, 0.5) is 0 Å². The van der Waals surface area contributed by atoms with Crippen molar-refractivity contribution >= 4 is 33.6 Å². The van der Waals surface area contributed by atoms with Gasteiger partial charge in [0.2, 0.25) is 0 Å². The Morgan fingerprint density at radius 2 is 0.459 bits per heavy atom. The fraction of sp³-hybridized carbons (Fsp3) is 0.637. The molecule has 0 amide bonds. The maximum absolute atomic E-state index is 13.0. The third-order valence-corrected chi connectivity index (χ3v) is 19.0. The van der Waals surface area contributed by atoms with Gasteiger partial charge >= 0.3 is 33.6 Å². The quantitative estimate of drug-likeness (QED) is 0.0146. The normalized spacial score (nSPS) is 14.8. The monoisotopic (exact) mass is 1560 g/mol. The lowest BCUT2D eigenvalue weighted by atomic mass is 10.0. The van der Waals surface area contributed by atoms with Crippen LogP contribution in [0.3, 0.4) is 0 Å². The van der Waals surface area contributed by atoms with Crippen molar-refractivity contribution < 1.29 is 75.8 Å². The lowest BCUT2D eigenvalue weighted by molar-refractivity contribution is -0.161. The number of allylic oxidation sites excluding steroid dienone is 30. The summed E-state index contributed by atoms with van der Waals surface area (Å²) < 4.78 is 61.3. The van der Waals surface area contributed by atoms with Gasteiger partial charge in [-0.3, -0.25) is 32.5 Å². The van der Waals surface area contributed by atoms with Gasteiger partial charge in [-0.15, -0.1) is 0 Å². The summed E-state index contributed by atoms with van der Waals surface area (Å²) in [5, 5.41) is 20.7. The van der Waals surface area contributed by atoms with Crippen LogP contribution in [-0.2, 0) is 55.8 Å². The highest BCUT2D eigenvalue weighted by Gasteiger charge is 2.29. The third kappa shape index (κ3) is 83.4. The van der Waals surface area contributed by atoms with Crippen LogP contribution in [0.1, 0.15) is 316 Å². The van der Waals surface area contributed by atoms with Crippen LogP contribution in [0.5, 0.6) is 0 Å². The summed E-state index contributed by atoms with van der Waals surface area (Å²) in [6, 6.07) is 0. The van der Waals surface area contributed by atoms with Crippen LogP contribution < -0.4 is 0 Å². The molecule has 5 atom stereocenters. The minimum absolute atomic E-state index is 0.0704. The summed E-state index contributed by atoms with van der Waals surface area (Å²) in [6.45, 7) is 2.31.